The highest BCUT2D eigenvalue weighted by atomic mass is 127. The van der Waals surface area contributed by atoms with E-state index in [1.165, 1.54) is 16.3 Å². The third-order valence-electron chi connectivity index (χ3n) is 4.87. The summed E-state index contributed by atoms with van der Waals surface area (Å²) in [5, 5.41) is 19.1. The van der Waals surface area contributed by atoms with E-state index in [-0.39, 0.29) is 30.1 Å². The summed E-state index contributed by atoms with van der Waals surface area (Å²) in [6.07, 6.45) is 4.60. The van der Waals surface area contributed by atoms with Crippen LogP contribution in [0, 0.1) is 0 Å². The average molecular weight is 467 g/mol. The molecule has 0 spiro atoms. The Labute approximate surface area is 173 Å². The second kappa shape index (κ2) is 10.7. The zero-order valence-corrected chi connectivity index (χ0v) is 17.8. The Morgan fingerprint density at radius 1 is 1.08 bits per heavy atom. The van der Waals surface area contributed by atoms with E-state index < -0.39 is 0 Å². The Morgan fingerprint density at radius 3 is 2.54 bits per heavy atom. The first kappa shape index (κ1) is 21.0. The van der Waals surface area contributed by atoms with Crippen LogP contribution in [0.4, 0.5) is 0 Å². The van der Waals surface area contributed by atoms with Crippen LogP contribution in [-0.2, 0) is 6.42 Å². The maximum atomic E-state index is 9.63. The standard InChI is InChI=1S/C21H29N3O.HI/c1-2-22-21(24-19-9-11-20(25)12-10-19)23-14-13-16-7-8-17-5-3-4-6-18(17)15-16;/h3-8,15,19-20,25H,2,9-14H2,1H3,(H2,22,23,24);1H. The lowest BCUT2D eigenvalue weighted by Gasteiger charge is -2.27. The van der Waals surface area contributed by atoms with Crippen LogP contribution in [0.5, 0.6) is 0 Å². The van der Waals surface area contributed by atoms with E-state index in [9.17, 15) is 5.11 Å². The molecule has 0 bridgehead atoms. The summed E-state index contributed by atoms with van der Waals surface area (Å²) in [5.74, 6) is 0.893. The van der Waals surface area contributed by atoms with Gasteiger partial charge in [0.25, 0.3) is 0 Å². The molecular weight excluding hydrogens is 437 g/mol. The summed E-state index contributed by atoms with van der Waals surface area (Å²) in [7, 11) is 0. The summed E-state index contributed by atoms with van der Waals surface area (Å²) in [5.41, 5.74) is 1.32. The predicted octanol–water partition coefficient (Wildman–Crippen LogP) is 3.86. The van der Waals surface area contributed by atoms with Gasteiger partial charge in [0.05, 0.1) is 6.10 Å². The lowest BCUT2D eigenvalue weighted by Crippen LogP contribution is -2.45. The van der Waals surface area contributed by atoms with Crippen molar-refractivity contribution < 1.29 is 5.11 Å². The molecule has 2 aromatic carbocycles. The monoisotopic (exact) mass is 467 g/mol. The number of hydrogen-bond donors (Lipinski definition) is 3. The molecule has 0 aromatic heterocycles. The molecule has 1 fully saturated rings. The Balaban J connectivity index is 0.00000243. The number of aliphatic imine (C=N–C) groups is 1. The molecule has 0 atom stereocenters. The van der Waals surface area contributed by atoms with E-state index in [1.54, 1.807) is 0 Å². The van der Waals surface area contributed by atoms with Crippen molar-refractivity contribution >= 4 is 40.7 Å². The number of guanidine groups is 1. The number of fused-ring (bicyclic) bond motifs is 1. The van der Waals surface area contributed by atoms with Crippen molar-refractivity contribution in [2.45, 2.75) is 51.2 Å². The van der Waals surface area contributed by atoms with E-state index in [1.807, 2.05) is 0 Å². The van der Waals surface area contributed by atoms with Gasteiger partial charge in [0.1, 0.15) is 0 Å². The van der Waals surface area contributed by atoms with E-state index >= 15 is 0 Å². The molecule has 3 N–H and O–H groups in total. The van der Waals surface area contributed by atoms with Gasteiger partial charge >= 0.3 is 0 Å². The van der Waals surface area contributed by atoms with E-state index in [0.717, 1.165) is 51.2 Å². The van der Waals surface area contributed by atoms with E-state index in [0.29, 0.717) is 6.04 Å². The molecule has 142 valence electrons. The average Bonchev–Trinajstić information content (AvgIpc) is 2.63. The molecule has 26 heavy (non-hydrogen) atoms. The van der Waals surface area contributed by atoms with Gasteiger partial charge in [-0.2, -0.15) is 0 Å². The molecule has 1 saturated carbocycles. The Kier molecular flexibility index (Phi) is 8.65. The summed E-state index contributed by atoms with van der Waals surface area (Å²) in [4.78, 5) is 4.73. The summed E-state index contributed by atoms with van der Waals surface area (Å²) in [6.45, 7) is 3.71. The topological polar surface area (TPSA) is 56.7 Å². The molecule has 0 radical (unpaired) electrons. The number of rotatable bonds is 5. The first-order valence-electron chi connectivity index (χ1n) is 9.45. The van der Waals surface area contributed by atoms with Crippen LogP contribution in [0.1, 0.15) is 38.2 Å². The molecule has 0 amide bonds. The first-order chi connectivity index (χ1) is 12.2. The van der Waals surface area contributed by atoms with Crippen LogP contribution in [0.3, 0.4) is 0 Å². The van der Waals surface area contributed by atoms with Gasteiger partial charge in [-0.05, 0) is 55.4 Å². The molecule has 2 aromatic rings. The van der Waals surface area contributed by atoms with Gasteiger partial charge in [-0.15, -0.1) is 24.0 Å². The van der Waals surface area contributed by atoms with Crippen molar-refractivity contribution in [3.8, 4) is 0 Å². The zero-order chi connectivity index (χ0) is 17.5. The molecule has 4 nitrogen and oxygen atoms in total. The Morgan fingerprint density at radius 2 is 1.81 bits per heavy atom. The lowest BCUT2D eigenvalue weighted by molar-refractivity contribution is 0.120. The summed E-state index contributed by atoms with van der Waals surface area (Å²) < 4.78 is 0. The zero-order valence-electron chi connectivity index (χ0n) is 15.4. The van der Waals surface area contributed by atoms with Crippen LogP contribution in [0.15, 0.2) is 47.5 Å². The van der Waals surface area contributed by atoms with Crippen molar-refractivity contribution in [1.29, 1.82) is 0 Å². The van der Waals surface area contributed by atoms with Crippen LogP contribution >= 0.6 is 24.0 Å². The normalized spacial score (nSPS) is 20.5. The number of hydrogen-bond acceptors (Lipinski definition) is 2. The van der Waals surface area contributed by atoms with Gasteiger partial charge in [-0.25, -0.2) is 0 Å². The van der Waals surface area contributed by atoms with Crippen molar-refractivity contribution in [2.24, 2.45) is 4.99 Å². The highest BCUT2D eigenvalue weighted by molar-refractivity contribution is 14.0. The number of halogens is 1. The maximum absolute atomic E-state index is 9.63. The summed E-state index contributed by atoms with van der Waals surface area (Å²) >= 11 is 0. The molecule has 0 aliphatic heterocycles. The number of aliphatic hydroxyl groups is 1. The molecule has 1 aliphatic rings. The number of nitrogens with zero attached hydrogens (tertiary/aromatic N) is 1. The van der Waals surface area contributed by atoms with Crippen molar-refractivity contribution in [3.63, 3.8) is 0 Å². The van der Waals surface area contributed by atoms with Crippen LogP contribution < -0.4 is 10.6 Å². The van der Waals surface area contributed by atoms with Crippen molar-refractivity contribution in [1.82, 2.24) is 10.6 Å². The number of aliphatic hydroxyl groups excluding tert-OH is 1. The third kappa shape index (κ3) is 6.13. The third-order valence-corrected chi connectivity index (χ3v) is 4.87. The molecule has 3 rings (SSSR count). The number of benzene rings is 2. The second-order valence-electron chi connectivity index (χ2n) is 6.84. The molecule has 0 unspecified atom stereocenters. The van der Waals surface area contributed by atoms with Gasteiger partial charge < -0.3 is 15.7 Å². The first-order valence-corrected chi connectivity index (χ1v) is 9.45. The van der Waals surface area contributed by atoms with Crippen LogP contribution in [-0.4, -0.2) is 36.3 Å². The maximum Gasteiger partial charge on any atom is 0.191 e. The fourth-order valence-electron chi connectivity index (χ4n) is 3.42. The molecule has 1 aliphatic carbocycles. The highest BCUT2D eigenvalue weighted by Gasteiger charge is 2.19. The summed E-state index contributed by atoms with van der Waals surface area (Å²) in [6, 6.07) is 15.5. The Bertz CT molecular complexity index is 711. The van der Waals surface area contributed by atoms with Gasteiger partial charge in [0.15, 0.2) is 5.96 Å². The fraction of sp³-hybridized carbons (Fsp3) is 0.476. The molecule has 5 heteroatoms. The van der Waals surface area contributed by atoms with Gasteiger partial charge in [-0.3, -0.25) is 4.99 Å². The van der Waals surface area contributed by atoms with Gasteiger partial charge in [-0.1, -0.05) is 42.5 Å². The molecule has 0 heterocycles. The predicted molar refractivity (Wildman–Crippen MR) is 120 cm³/mol. The van der Waals surface area contributed by atoms with Crippen molar-refractivity contribution in [2.75, 3.05) is 13.1 Å². The minimum Gasteiger partial charge on any atom is -0.393 e. The lowest BCUT2D eigenvalue weighted by atomic mass is 9.93. The van der Waals surface area contributed by atoms with Crippen LogP contribution in [0.25, 0.3) is 10.8 Å². The smallest absolute Gasteiger partial charge is 0.191 e. The number of nitrogens with one attached hydrogen (secondary N) is 2. The minimum absolute atomic E-state index is 0. The quantitative estimate of drug-likeness (QED) is 0.356. The van der Waals surface area contributed by atoms with E-state index in [4.69, 9.17) is 4.99 Å². The van der Waals surface area contributed by atoms with Crippen molar-refractivity contribution in [3.05, 3.63) is 48.0 Å². The van der Waals surface area contributed by atoms with Gasteiger partial charge in [0, 0.05) is 19.1 Å². The highest BCUT2D eigenvalue weighted by Crippen LogP contribution is 2.18. The van der Waals surface area contributed by atoms with E-state index in [2.05, 4.69) is 60.0 Å². The molecular formula is C21H30IN3O. The van der Waals surface area contributed by atoms with Crippen LogP contribution in [0.2, 0.25) is 0 Å². The minimum atomic E-state index is -0.120. The Hall–Kier alpha value is -1.34. The molecule has 0 saturated heterocycles. The largest absolute Gasteiger partial charge is 0.393 e. The van der Waals surface area contributed by atoms with Gasteiger partial charge in [0.2, 0.25) is 0 Å². The fourth-order valence-corrected chi connectivity index (χ4v) is 3.42. The second-order valence-corrected chi connectivity index (χ2v) is 6.84. The SMILES string of the molecule is CCNC(=NCCc1ccc2ccccc2c1)NC1CCC(O)CC1.I.